The number of hydrogen-bond donors (Lipinski definition) is 0. The molecule has 19 heavy (non-hydrogen) atoms. The summed E-state index contributed by atoms with van der Waals surface area (Å²) in [4.78, 5) is 0. The van der Waals surface area contributed by atoms with E-state index in [0.29, 0.717) is 24.3 Å². The highest BCUT2D eigenvalue weighted by atomic mass is 35.7. The van der Waals surface area contributed by atoms with Gasteiger partial charge in [-0.25, -0.2) is 8.42 Å². The lowest BCUT2D eigenvalue weighted by atomic mass is 10.1. The molecule has 0 spiro atoms. The van der Waals surface area contributed by atoms with E-state index in [9.17, 15) is 8.42 Å². The minimum Gasteiger partial charge on any atom is -0.493 e. The summed E-state index contributed by atoms with van der Waals surface area (Å²) < 4.78 is 27.0. The molecule has 0 saturated heterocycles. The summed E-state index contributed by atoms with van der Waals surface area (Å²) in [5.74, 6) is 0.696. The Kier molecular flexibility index (Phi) is 6.13. The zero-order valence-electron chi connectivity index (χ0n) is 10.7. The summed E-state index contributed by atoms with van der Waals surface area (Å²) in [6.07, 6.45) is 2.03. The third-order valence-electron chi connectivity index (χ3n) is 2.61. The van der Waals surface area contributed by atoms with Crippen molar-refractivity contribution >= 4 is 19.7 Å². The lowest BCUT2D eigenvalue weighted by molar-refractivity contribution is 0.304. The lowest BCUT2D eigenvalue weighted by Crippen LogP contribution is -2.01. The molecule has 104 valence electrons. The molecule has 0 heterocycles. The molecule has 0 bridgehead atoms. The quantitative estimate of drug-likeness (QED) is 0.573. The second-order valence-electron chi connectivity index (χ2n) is 4.24. The Balaban J connectivity index is 2.32. The summed E-state index contributed by atoms with van der Waals surface area (Å²) in [7, 11) is 1.72. The van der Waals surface area contributed by atoms with Crippen LogP contribution in [0.15, 0.2) is 18.2 Å². The zero-order valence-corrected chi connectivity index (χ0v) is 12.3. The Hall–Kier alpha value is -1.25. The van der Waals surface area contributed by atoms with E-state index in [1.54, 1.807) is 12.1 Å². The number of aryl methyl sites for hydroxylation is 1. The van der Waals surface area contributed by atoms with Crippen LogP contribution in [-0.2, 0) is 9.05 Å². The number of rotatable bonds is 7. The summed E-state index contributed by atoms with van der Waals surface area (Å²) in [5.41, 5.74) is 1.54. The van der Waals surface area contributed by atoms with Gasteiger partial charge in [-0.3, -0.25) is 0 Å². The molecular weight excluding hydrogens is 286 g/mol. The van der Waals surface area contributed by atoms with E-state index in [-0.39, 0.29) is 5.75 Å². The number of benzene rings is 1. The molecule has 0 radical (unpaired) electrons. The van der Waals surface area contributed by atoms with Crippen LogP contribution in [0.3, 0.4) is 0 Å². The van der Waals surface area contributed by atoms with E-state index in [1.165, 1.54) is 0 Å². The van der Waals surface area contributed by atoms with Crippen molar-refractivity contribution < 1.29 is 13.2 Å². The molecule has 1 aromatic carbocycles. The molecular formula is C13H16ClNO3S. The molecule has 4 nitrogen and oxygen atoms in total. The van der Waals surface area contributed by atoms with Crippen LogP contribution in [-0.4, -0.2) is 20.8 Å². The molecule has 0 aliphatic heterocycles. The Morgan fingerprint density at radius 3 is 2.68 bits per heavy atom. The first-order valence-electron chi connectivity index (χ1n) is 5.98. The first-order chi connectivity index (χ1) is 8.92. The van der Waals surface area contributed by atoms with Crippen LogP contribution in [0, 0.1) is 18.3 Å². The standard InChI is InChI=1S/C13H16ClNO3S/c1-11-5-6-12(10-15)9-13(11)18-7-3-2-4-8-19(14,16)17/h5-6,9H,2-4,7-8H2,1H3. The third kappa shape index (κ3) is 6.46. The normalized spacial score (nSPS) is 11.0. The van der Waals surface area contributed by atoms with Gasteiger partial charge in [0.25, 0.3) is 0 Å². The van der Waals surface area contributed by atoms with Gasteiger partial charge < -0.3 is 4.74 Å². The molecule has 0 saturated carbocycles. The molecule has 1 rings (SSSR count). The Bertz CT molecular complexity index is 564. The molecule has 0 aliphatic rings. The Morgan fingerprint density at radius 2 is 2.05 bits per heavy atom. The molecule has 0 atom stereocenters. The van der Waals surface area contributed by atoms with Gasteiger partial charge >= 0.3 is 0 Å². The fourth-order valence-corrected chi connectivity index (χ4v) is 2.44. The number of hydrogen-bond acceptors (Lipinski definition) is 4. The van der Waals surface area contributed by atoms with Crippen molar-refractivity contribution in [3.63, 3.8) is 0 Å². The monoisotopic (exact) mass is 301 g/mol. The number of ether oxygens (including phenoxy) is 1. The van der Waals surface area contributed by atoms with Crippen LogP contribution in [0.4, 0.5) is 0 Å². The summed E-state index contributed by atoms with van der Waals surface area (Å²) in [5, 5.41) is 8.80. The maximum absolute atomic E-state index is 10.7. The van der Waals surface area contributed by atoms with E-state index >= 15 is 0 Å². The maximum atomic E-state index is 10.7. The predicted octanol–water partition coefficient (Wildman–Crippen LogP) is 2.98. The van der Waals surface area contributed by atoms with E-state index in [0.717, 1.165) is 18.4 Å². The number of nitriles is 1. The molecule has 0 unspecified atom stereocenters. The minimum atomic E-state index is -3.38. The first kappa shape index (κ1) is 15.8. The smallest absolute Gasteiger partial charge is 0.232 e. The largest absolute Gasteiger partial charge is 0.493 e. The van der Waals surface area contributed by atoms with Gasteiger partial charge in [0.1, 0.15) is 5.75 Å². The molecule has 0 aromatic heterocycles. The first-order valence-corrected chi connectivity index (χ1v) is 8.46. The van der Waals surface area contributed by atoms with Gasteiger partial charge in [0.2, 0.25) is 9.05 Å². The van der Waals surface area contributed by atoms with Crippen LogP contribution in [0.2, 0.25) is 0 Å². The Morgan fingerprint density at radius 1 is 1.32 bits per heavy atom. The third-order valence-corrected chi connectivity index (χ3v) is 3.85. The summed E-state index contributed by atoms with van der Waals surface area (Å²) >= 11 is 0. The molecule has 0 fully saturated rings. The maximum Gasteiger partial charge on any atom is 0.232 e. The molecule has 0 N–H and O–H groups in total. The van der Waals surface area contributed by atoms with Gasteiger partial charge in [0, 0.05) is 10.7 Å². The SMILES string of the molecule is Cc1ccc(C#N)cc1OCCCCCS(=O)(=O)Cl. The zero-order chi connectivity index (χ0) is 14.3. The van der Waals surface area contributed by atoms with Gasteiger partial charge in [-0.05, 0) is 43.9 Å². The van der Waals surface area contributed by atoms with Crippen molar-refractivity contribution in [2.75, 3.05) is 12.4 Å². The number of halogens is 1. The van der Waals surface area contributed by atoms with Gasteiger partial charge in [-0.15, -0.1) is 0 Å². The molecule has 6 heteroatoms. The summed E-state index contributed by atoms with van der Waals surface area (Å²) in [6.45, 7) is 2.41. The van der Waals surface area contributed by atoms with E-state index in [2.05, 4.69) is 6.07 Å². The highest BCUT2D eigenvalue weighted by Gasteiger charge is 2.04. The van der Waals surface area contributed by atoms with Crippen LogP contribution in [0.5, 0.6) is 5.75 Å². The van der Waals surface area contributed by atoms with Crippen LogP contribution in [0.25, 0.3) is 0 Å². The van der Waals surface area contributed by atoms with Crippen molar-refractivity contribution in [3.8, 4) is 11.8 Å². The molecule has 1 aromatic rings. The van der Waals surface area contributed by atoms with Gasteiger partial charge in [-0.2, -0.15) is 5.26 Å². The van der Waals surface area contributed by atoms with Crippen molar-refractivity contribution in [2.45, 2.75) is 26.2 Å². The van der Waals surface area contributed by atoms with Crippen molar-refractivity contribution in [1.82, 2.24) is 0 Å². The second kappa shape index (κ2) is 7.37. The van der Waals surface area contributed by atoms with E-state index < -0.39 is 9.05 Å². The molecule has 0 aliphatic carbocycles. The lowest BCUT2D eigenvalue weighted by Gasteiger charge is -2.09. The van der Waals surface area contributed by atoms with Crippen molar-refractivity contribution in [2.24, 2.45) is 0 Å². The van der Waals surface area contributed by atoms with Gasteiger partial charge in [-0.1, -0.05) is 6.07 Å². The minimum absolute atomic E-state index is 0.00248. The number of unbranched alkanes of at least 4 members (excludes halogenated alkanes) is 2. The summed E-state index contributed by atoms with van der Waals surface area (Å²) in [6, 6.07) is 7.35. The van der Waals surface area contributed by atoms with Crippen LogP contribution < -0.4 is 4.74 Å². The second-order valence-corrected chi connectivity index (χ2v) is 7.14. The Labute approximate surface area is 118 Å². The van der Waals surface area contributed by atoms with Crippen LogP contribution >= 0.6 is 10.7 Å². The predicted molar refractivity (Wildman–Crippen MR) is 74.9 cm³/mol. The van der Waals surface area contributed by atoms with E-state index in [4.69, 9.17) is 20.7 Å². The van der Waals surface area contributed by atoms with Crippen molar-refractivity contribution in [1.29, 1.82) is 5.26 Å². The fourth-order valence-electron chi connectivity index (χ4n) is 1.56. The molecule has 0 amide bonds. The van der Waals surface area contributed by atoms with E-state index in [1.807, 2.05) is 13.0 Å². The van der Waals surface area contributed by atoms with Gasteiger partial charge in [0.05, 0.1) is 24.0 Å². The highest BCUT2D eigenvalue weighted by Crippen LogP contribution is 2.19. The average molecular weight is 302 g/mol. The van der Waals surface area contributed by atoms with Crippen molar-refractivity contribution in [3.05, 3.63) is 29.3 Å². The van der Waals surface area contributed by atoms with Crippen LogP contribution in [0.1, 0.15) is 30.4 Å². The van der Waals surface area contributed by atoms with Gasteiger partial charge in [0.15, 0.2) is 0 Å². The number of nitrogens with zero attached hydrogens (tertiary/aromatic N) is 1. The fraction of sp³-hybridized carbons (Fsp3) is 0.462. The topological polar surface area (TPSA) is 67.2 Å². The average Bonchev–Trinajstić information content (AvgIpc) is 2.34. The highest BCUT2D eigenvalue weighted by molar-refractivity contribution is 8.13.